The van der Waals surface area contributed by atoms with E-state index >= 15 is 0 Å². The number of nitrogens with one attached hydrogen (secondary N) is 2. The molecule has 0 bridgehead atoms. The first-order chi connectivity index (χ1) is 9.47. The van der Waals surface area contributed by atoms with Gasteiger partial charge >= 0.3 is 12.0 Å². The number of aryl methyl sites for hydroxylation is 1. The van der Waals surface area contributed by atoms with Gasteiger partial charge in [0.1, 0.15) is 17.7 Å². The largest absolute Gasteiger partial charge is 0.481 e. The Kier molecular flexibility index (Phi) is 4.23. The summed E-state index contributed by atoms with van der Waals surface area (Å²) >= 11 is 0. The van der Waals surface area contributed by atoms with Crippen LogP contribution in [0.2, 0.25) is 0 Å². The van der Waals surface area contributed by atoms with Crippen molar-refractivity contribution in [3.05, 3.63) is 17.8 Å². The number of ether oxygens (including phenoxy) is 1. The fraction of sp³-hybridized carbons (Fsp3) is 0.583. The van der Waals surface area contributed by atoms with E-state index in [1.165, 1.54) is 0 Å². The molecule has 3 unspecified atom stereocenters. The first kappa shape index (κ1) is 14.3. The summed E-state index contributed by atoms with van der Waals surface area (Å²) in [6.07, 6.45) is 1.57. The van der Waals surface area contributed by atoms with Crippen LogP contribution in [0.25, 0.3) is 0 Å². The Morgan fingerprint density at radius 3 is 2.85 bits per heavy atom. The molecular formula is C12H17N3O5. The number of carboxylic acids is 1. The summed E-state index contributed by atoms with van der Waals surface area (Å²) in [5, 5.41) is 14.2. The van der Waals surface area contributed by atoms with E-state index in [1.807, 2.05) is 0 Å². The predicted molar refractivity (Wildman–Crippen MR) is 67.1 cm³/mol. The molecule has 1 aliphatic rings. The minimum atomic E-state index is -0.982. The minimum Gasteiger partial charge on any atom is -0.481 e. The van der Waals surface area contributed by atoms with Crippen molar-refractivity contribution in [2.45, 2.75) is 25.9 Å². The number of rotatable bonds is 4. The number of amides is 2. The molecule has 1 fully saturated rings. The topological polar surface area (TPSA) is 114 Å². The highest BCUT2D eigenvalue weighted by atomic mass is 16.5. The highest BCUT2D eigenvalue weighted by Crippen LogP contribution is 2.15. The van der Waals surface area contributed by atoms with Crippen LogP contribution in [-0.2, 0) is 9.53 Å². The molecule has 0 radical (unpaired) electrons. The standard InChI is InChI=1S/C12H17N3O5/c1-6-3-13-10(20-6)7(2)14-12(18)15-9-5-19-4-8(9)11(16)17/h3,7-9H,4-5H2,1-2H3,(H,16,17)(H2,14,15,18). The summed E-state index contributed by atoms with van der Waals surface area (Å²) < 4.78 is 10.4. The molecule has 2 amide bonds. The van der Waals surface area contributed by atoms with Crippen LogP contribution in [0.5, 0.6) is 0 Å². The Balaban J connectivity index is 1.87. The summed E-state index contributed by atoms with van der Waals surface area (Å²) in [4.78, 5) is 26.8. The smallest absolute Gasteiger partial charge is 0.315 e. The molecule has 1 saturated heterocycles. The fourth-order valence-corrected chi connectivity index (χ4v) is 1.98. The van der Waals surface area contributed by atoms with Gasteiger partial charge in [-0.05, 0) is 13.8 Å². The summed E-state index contributed by atoms with van der Waals surface area (Å²) in [6.45, 7) is 3.78. The lowest BCUT2D eigenvalue weighted by atomic mass is 10.0. The van der Waals surface area contributed by atoms with Gasteiger partial charge in [-0.3, -0.25) is 4.79 Å². The average Bonchev–Trinajstić information content (AvgIpc) is 2.97. The lowest BCUT2D eigenvalue weighted by Gasteiger charge is -2.17. The molecule has 1 aromatic rings. The second-order valence-corrected chi connectivity index (χ2v) is 4.74. The molecule has 2 rings (SSSR count). The second kappa shape index (κ2) is 5.91. The van der Waals surface area contributed by atoms with Gasteiger partial charge in [0.15, 0.2) is 0 Å². The zero-order valence-corrected chi connectivity index (χ0v) is 11.3. The summed E-state index contributed by atoms with van der Waals surface area (Å²) in [5.41, 5.74) is 0. The van der Waals surface area contributed by atoms with Crippen molar-refractivity contribution in [1.29, 1.82) is 0 Å². The van der Waals surface area contributed by atoms with E-state index in [9.17, 15) is 9.59 Å². The van der Waals surface area contributed by atoms with E-state index < -0.39 is 30.0 Å². The zero-order valence-electron chi connectivity index (χ0n) is 11.3. The molecule has 0 saturated carbocycles. The molecule has 110 valence electrons. The maximum Gasteiger partial charge on any atom is 0.315 e. The van der Waals surface area contributed by atoms with Crippen LogP contribution in [0, 0.1) is 12.8 Å². The number of hydrogen-bond donors (Lipinski definition) is 3. The third-order valence-electron chi connectivity index (χ3n) is 3.07. The Bertz CT molecular complexity index is 501. The number of aromatic nitrogens is 1. The summed E-state index contributed by atoms with van der Waals surface area (Å²) in [6, 6.07) is -1.42. The van der Waals surface area contributed by atoms with Gasteiger partial charge < -0.3 is 24.9 Å². The van der Waals surface area contributed by atoms with E-state index in [0.717, 1.165) is 0 Å². The van der Waals surface area contributed by atoms with Crippen LogP contribution in [0.15, 0.2) is 10.6 Å². The lowest BCUT2D eigenvalue weighted by molar-refractivity contribution is -0.142. The van der Waals surface area contributed by atoms with Gasteiger partial charge in [-0.15, -0.1) is 0 Å². The van der Waals surface area contributed by atoms with Crippen molar-refractivity contribution >= 4 is 12.0 Å². The molecule has 0 aromatic carbocycles. The number of carboxylic acid groups (broad SMARTS) is 1. The van der Waals surface area contributed by atoms with E-state index in [4.69, 9.17) is 14.3 Å². The van der Waals surface area contributed by atoms with Gasteiger partial charge in [0.25, 0.3) is 0 Å². The molecule has 20 heavy (non-hydrogen) atoms. The maximum absolute atomic E-state index is 11.8. The maximum atomic E-state index is 11.8. The highest BCUT2D eigenvalue weighted by Gasteiger charge is 2.35. The van der Waals surface area contributed by atoms with Crippen molar-refractivity contribution in [2.75, 3.05) is 13.2 Å². The van der Waals surface area contributed by atoms with E-state index in [-0.39, 0.29) is 13.2 Å². The minimum absolute atomic E-state index is 0.106. The van der Waals surface area contributed by atoms with Gasteiger partial charge in [0, 0.05) is 0 Å². The van der Waals surface area contributed by atoms with E-state index in [1.54, 1.807) is 20.0 Å². The van der Waals surface area contributed by atoms with Gasteiger partial charge in [-0.25, -0.2) is 9.78 Å². The van der Waals surface area contributed by atoms with Gasteiger partial charge in [0.05, 0.1) is 25.5 Å². The highest BCUT2D eigenvalue weighted by molar-refractivity contribution is 5.77. The third-order valence-corrected chi connectivity index (χ3v) is 3.07. The van der Waals surface area contributed by atoms with E-state index in [0.29, 0.717) is 11.7 Å². The van der Waals surface area contributed by atoms with Gasteiger partial charge in [0.2, 0.25) is 5.89 Å². The summed E-state index contributed by atoms with van der Waals surface area (Å²) in [5.74, 6) is -0.650. The van der Waals surface area contributed by atoms with Crippen LogP contribution in [-0.4, -0.2) is 41.3 Å². The average molecular weight is 283 g/mol. The molecule has 2 heterocycles. The SMILES string of the molecule is Cc1cnc(C(C)NC(=O)NC2COCC2C(=O)O)o1. The third kappa shape index (κ3) is 3.27. The molecule has 1 aliphatic heterocycles. The molecule has 1 aromatic heterocycles. The Morgan fingerprint density at radius 2 is 2.25 bits per heavy atom. The molecule has 8 heteroatoms. The van der Waals surface area contributed by atoms with Crippen LogP contribution in [0.4, 0.5) is 4.79 Å². The number of hydrogen-bond acceptors (Lipinski definition) is 5. The van der Waals surface area contributed by atoms with Crippen molar-refractivity contribution in [3.63, 3.8) is 0 Å². The summed E-state index contributed by atoms with van der Waals surface area (Å²) in [7, 11) is 0. The number of oxazole rings is 1. The van der Waals surface area contributed by atoms with Gasteiger partial charge in [-0.2, -0.15) is 0 Å². The predicted octanol–water partition coefficient (Wildman–Crippen LogP) is 0.443. The number of carbonyl (C=O) groups excluding carboxylic acids is 1. The van der Waals surface area contributed by atoms with Crippen molar-refractivity contribution in [1.82, 2.24) is 15.6 Å². The number of carbonyl (C=O) groups is 2. The normalized spacial score (nSPS) is 23.3. The molecule has 8 nitrogen and oxygen atoms in total. The number of urea groups is 1. The molecular weight excluding hydrogens is 266 g/mol. The van der Waals surface area contributed by atoms with Crippen LogP contribution < -0.4 is 10.6 Å². The Morgan fingerprint density at radius 1 is 1.50 bits per heavy atom. The first-order valence-corrected chi connectivity index (χ1v) is 6.27. The first-order valence-electron chi connectivity index (χ1n) is 6.27. The Labute approximate surface area is 115 Å². The van der Waals surface area contributed by atoms with Crippen molar-refractivity contribution in [2.24, 2.45) is 5.92 Å². The monoisotopic (exact) mass is 283 g/mol. The fourth-order valence-electron chi connectivity index (χ4n) is 1.98. The second-order valence-electron chi connectivity index (χ2n) is 4.74. The van der Waals surface area contributed by atoms with Crippen LogP contribution in [0.3, 0.4) is 0 Å². The van der Waals surface area contributed by atoms with E-state index in [2.05, 4.69) is 15.6 Å². The molecule has 0 spiro atoms. The quantitative estimate of drug-likeness (QED) is 0.739. The zero-order chi connectivity index (χ0) is 14.7. The number of nitrogens with zero attached hydrogens (tertiary/aromatic N) is 1. The molecule has 3 N–H and O–H groups in total. The van der Waals surface area contributed by atoms with Gasteiger partial charge in [-0.1, -0.05) is 0 Å². The van der Waals surface area contributed by atoms with Crippen molar-refractivity contribution in [3.8, 4) is 0 Å². The molecule has 3 atom stereocenters. The number of aliphatic carboxylic acids is 1. The van der Waals surface area contributed by atoms with Crippen molar-refractivity contribution < 1.29 is 23.8 Å². The van der Waals surface area contributed by atoms with Crippen LogP contribution >= 0.6 is 0 Å². The Hall–Kier alpha value is -2.09. The van der Waals surface area contributed by atoms with Crippen LogP contribution in [0.1, 0.15) is 24.6 Å². The molecule has 0 aliphatic carbocycles. The lowest BCUT2D eigenvalue weighted by Crippen LogP contribution is -2.47.